The highest BCUT2D eigenvalue weighted by Crippen LogP contribution is 2.26. The number of hydrogen-bond acceptors (Lipinski definition) is 5. The van der Waals surface area contributed by atoms with E-state index in [4.69, 9.17) is 4.74 Å². The number of rotatable bonds is 5. The number of ether oxygens (including phenoxy) is 1. The first-order chi connectivity index (χ1) is 11.0. The molecule has 1 aromatic carbocycles. The van der Waals surface area contributed by atoms with Crippen LogP contribution in [0, 0.1) is 13.8 Å². The SMILES string of the molecule is COc1ccc(C)cc1NC(=O)c1cc(NC2CC2)nc(C)n1. The summed E-state index contributed by atoms with van der Waals surface area (Å²) in [5, 5.41) is 6.15. The Balaban J connectivity index is 1.82. The van der Waals surface area contributed by atoms with Crippen LogP contribution in [0.1, 0.15) is 34.7 Å². The average Bonchev–Trinajstić information content (AvgIpc) is 3.31. The van der Waals surface area contributed by atoms with Gasteiger partial charge in [-0.25, -0.2) is 9.97 Å². The number of benzene rings is 1. The summed E-state index contributed by atoms with van der Waals surface area (Å²) in [6.07, 6.45) is 2.29. The van der Waals surface area contributed by atoms with Crippen LogP contribution < -0.4 is 15.4 Å². The van der Waals surface area contributed by atoms with Crippen LogP contribution in [0.4, 0.5) is 11.5 Å². The molecule has 2 aromatic rings. The Bertz CT molecular complexity index is 741. The molecule has 1 aromatic heterocycles. The van der Waals surface area contributed by atoms with E-state index in [2.05, 4.69) is 20.6 Å². The lowest BCUT2D eigenvalue weighted by Crippen LogP contribution is -2.16. The molecule has 1 aliphatic carbocycles. The van der Waals surface area contributed by atoms with E-state index in [1.165, 1.54) is 0 Å². The smallest absolute Gasteiger partial charge is 0.274 e. The van der Waals surface area contributed by atoms with E-state index in [0.717, 1.165) is 18.4 Å². The molecule has 0 bridgehead atoms. The zero-order valence-corrected chi connectivity index (χ0v) is 13.5. The van der Waals surface area contributed by atoms with Crippen molar-refractivity contribution < 1.29 is 9.53 Å². The maximum atomic E-state index is 12.5. The molecule has 1 amide bonds. The van der Waals surface area contributed by atoms with Crippen LogP contribution in [0.25, 0.3) is 0 Å². The van der Waals surface area contributed by atoms with Crippen molar-refractivity contribution in [3.63, 3.8) is 0 Å². The van der Waals surface area contributed by atoms with E-state index in [1.54, 1.807) is 20.1 Å². The fourth-order valence-corrected chi connectivity index (χ4v) is 2.30. The number of amides is 1. The summed E-state index contributed by atoms with van der Waals surface area (Å²) in [6, 6.07) is 7.78. The second-order valence-corrected chi connectivity index (χ2v) is 5.76. The largest absolute Gasteiger partial charge is 0.495 e. The summed E-state index contributed by atoms with van der Waals surface area (Å²) in [6.45, 7) is 3.74. The molecule has 6 nitrogen and oxygen atoms in total. The summed E-state index contributed by atoms with van der Waals surface area (Å²) in [4.78, 5) is 21.1. The zero-order chi connectivity index (χ0) is 16.4. The van der Waals surface area contributed by atoms with Gasteiger partial charge in [-0.3, -0.25) is 4.79 Å². The fourth-order valence-electron chi connectivity index (χ4n) is 2.30. The number of carbonyl (C=O) groups excluding carboxylic acids is 1. The third kappa shape index (κ3) is 3.77. The van der Waals surface area contributed by atoms with Gasteiger partial charge in [-0.2, -0.15) is 0 Å². The van der Waals surface area contributed by atoms with E-state index < -0.39 is 0 Å². The summed E-state index contributed by atoms with van der Waals surface area (Å²) in [7, 11) is 1.58. The number of carbonyl (C=O) groups is 1. The summed E-state index contributed by atoms with van der Waals surface area (Å²) in [5.41, 5.74) is 2.01. The monoisotopic (exact) mass is 312 g/mol. The molecule has 6 heteroatoms. The topological polar surface area (TPSA) is 76.1 Å². The van der Waals surface area contributed by atoms with Crippen LogP contribution in [0.15, 0.2) is 24.3 Å². The predicted molar refractivity (Wildman–Crippen MR) is 89.1 cm³/mol. The molecule has 0 aliphatic heterocycles. The lowest BCUT2D eigenvalue weighted by molar-refractivity contribution is 0.102. The number of aryl methyl sites for hydroxylation is 2. The third-order valence-corrected chi connectivity index (χ3v) is 3.60. The van der Waals surface area contributed by atoms with Gasteiger partial charge in [0.25, 0.3) is 5.91 Å². The molecule has 1 saturated carbocycles. The minimum Gasteiger partial charge on any atom is -0.495 e. The molecule has 2 N–H and O–H groups in total. The summed E-state index contributed by atoms with van der Waals surface area (Å²) >= 11 is 0. The fraction of sp³-hybridized carbons (Fsp3) is 0.353. The van der Waals surface area contributed by atoms with Crippen molar-refractivity contribution in [2.24, 2.45) is 0 Å². The Morgan fingerprint density at radius 1 is 1.22 bits per heavy atom. The highest BCUT2D eigenvalue weighted by atomic mass is 16.5. The van der Waals surface area contributed by atoms with E-state index in [-0.39, 0.29) is 5.91 Å². The Labute approximate surface area is 135 Å². The number of anilines is 2. The molecule has 1 fully saturated rings. The Kier molecular flexibility index (Phi) is 4.14. The first-order valence-electron chi connectivity index (χ1n) is 7.63. The van der Waals surface area contributed by atoms with Crippen molar-refractivity contribution in [2.75, 3.05) is 17.7 Å². The minimum absolute atomic E-state index is 0.279. The summed E-state index contributed by atoms with van der Waals surface area (Å²) < 4.78 is 5.29. The van der Waals surface area contributed by atoms with Crippen molar-refractivity contribution >= 4 is 17.4 Å². The molecule has 0 radical (unpaired) electrons. The summed E-state index contributed by atoms with van der Waals surface area (Å²) in [5.74, 6) is 1.60. The zero-order valence-electron chi connectivity index (χ0n) is 13.5. The van der Waals surface area contributed by atoms with Gasteiger partial charge in [0.1, 0.15) is 23.1 Å². The van der Waals surface area contributed by atoms with Gasteiger partial charge in [0, 0.05) is 12.1 Å². The Morgan fingerprint density at radius 2 is 2.00 bits per heavy atom. The average molecular weight is 312 g/mol. The highest BCUT2D eigenvalue weighted by Gasteiger charge is 2.22. The first kappa shape index (κ1) is 15.3. The first-order valence-corrected chi connectivity index (χ1v) is 7.63. The maximum absolute atomic E-state index is 12.5. The Morgan fingerprint density at radius 3 is 2.70 bits per heavy atom. The molecule has 0 unspecified atom stereocenters. The molecule has 0 atom stereocenters. The van der Waals surface area contributed by atoms with Gasteiger partial charge in [-0.15, -0.1) is 0 Å². The van der Waals surface area contributed by atoms with E-state index >= 15 is 0 Å². The van der Waals surface area contributed by atoms with Crippen molar-refractivity contribution in [3.8, 4) is 5.75 Å². The van der Waals surface area contributed by atoms with Gasteiger partial charge in [-0.1, -0.05) is 6.07 Å². The number of nitrogens with one attached hydrogen (secondary N) is 2. The second kappa shape index (κ2) is 6.24. The second-order valence-electron chi connectivity index (χ2n) is 5.76. The van der Waals surface area contributed by atoms with E-state index in [9.17, 15) is 4.79 Å². The Hall–Kier alpha value is -2.63. The molecular formula is C17H20N4O2. The number of hydrogen-bond donors (Lipinski definition) is 2. The number of nitrogens with zero attached hydrogens (tertiary/aromatic N) is 2. The lowest BCUT2D eigenvalue weighted by Gasteiger charge is -2.12. The van der Waals surface area contributed by atoms with E-state index in [1.807, 2.05) is 25.1 Å². The number of methoxy groups -OCH3 is 1. The lowest BCUT2D eigenvalue weighted by atomic mass is 10.2. The van der Waals surface area contributed by atoms with Crippen LogP contribution in [0.2, 0.25) is 0 Å². The minimum atomic E-state index is -0.279. The molecular weight excluding hydrogens is 292 g/mol. The van der Waals surface area contributed by atoms with Crippen molar-refractivity contribution in [2.45, 2.75) is 32.7 Å². The van der Waals surface area contributed by atoms with Crippen molar-refractivity contribution in [1.82, 2.24) is 9.97 Å². The van der Waals surface area contributed by atoms with Crippen LogP contribution in [-0.2, 0) is 0 Å². The molecule has 1 aliphatic rings. The molecule has 23 heavy (non-hydrogen) atoms. The standard InChI is InChI=1S/C17H20N4O2/c1-10-4-7-15(23-3)13(8-10)21-17(22)14-9-16(19-11(2)18-14)20-12-5-6-12/h4,7-9,12H,5-6H2,1-3H3,(H,21,22)(H,18,19,20). The van der Waals surface area contributed by atoms with Crippen molar-refractivity contribution in [3.05, 3.63) is 41.3 Å². The van der Waals surface area contributed by atoms with Gasteiger partial charge in [-0.05, 0) is 44.4 Å². The normalized spacial score (nSPS) is 13.5. The van der Waals surface area contributed by atoms with Gasteiger partial charge in [0.15, 0.2) is 0 Å². The van der Waals surface area contributed by atoms with Crippen LogP contribution in [0.5, 0.6) is 5.75 Å². The number of aromatic nitrogens is 2. The highest BCUT2D eigenvalue weighted by molar-refractivity contribution is 6.04. The maximum Gasteiger partial charge on any atom is 0.274 e. The molecule has 3 rings (SSSR count). The van der Waals surface area contributed by atoms with Gasteiger partial charge < -0.3 is 15.4 Å². The van der Waals surface area contributed by atoms with Gasteiger partial charge in [0.2, 0.25) is 0 Å². The molecule has 1 heterocycles. The third-order valence-electron chi connectivity index (χ3n) is 3.60. The van der Waals surface area contributed by atoms with Crippen LogP contribution >= 0.6 is 0 Å². The molecule has 120 valence electrons. The van der Waals surface area contributed by atoms with Crippen LogP contribution in [-0.4, -0.2) is 29.0 Å². The molecule has 0 spiro atoms. The van der Waals surface area contributed by atoms with Gasteiger partial charge >= 0.3 is 0 Å². The van der Waals surface area contributed by atoms with Crippen molar-refractivity contribution in [1.29, 1.82) is 0 Å². The predicted octanol–water partition coefficient (Wildman–Crippen LogP) is 2.93. The quantitative estimate of drug-likeness (QED) is 0.888. The molecule has 0 saturated heterocycles. The van der Waals surface area contributed by atoms with E-state index in [0.29, 0.717) is 34.8 Å². The van der Waals surface area contributed by atoms with Crippen LogP contribution in [0.3, 0.4) is 0 Å². The van der Waals surface area contributed by atoms with Gasteiger partial charge in [0.05, 0.1) is 12.8 Å².